The van der Waals surface area contributed by atoms with Gasteiger partial charge in [0.1, 0.15) is 10.3 Å². The average molecular weight is 405 g/mol. The van der Waals surface area contributed by atoms with E-state index in [4.69, 9.17) is 4.42 Å². The molecule has 0 aliphatic rings. The van der Waals surface area contributed by atoms with E-state index >= 15 is 0 Å². The van der Waals surface area contributed by atoms with Crippen LogP contribution in [0.5, 0.6) is 0 Å². The van der Waals surface area contributed by atoms with Crippen molar-refractivity contribution < 1.29 is 4.42 Å². The van der Waals surface area contributed by atoms with Gasteiger partial charge in [0.2, 0.25) is 0 Å². The number of rotatable bonds is 4. The fourth-order valence-electron chi connectivity index (χ4n) is 2.98. The molecule has 0 spiro atoms. The van der Waals surface area contributed by atoms with Gasteiger partial charge in [-0.2, -0.15) is 4.98 Å². The zero-order valence-electron chi connectivity index (χ0n) is 14.3. The Hall–Kier alpha value is -2.85. The summed E-state index contributed by atoms with van der Waals surface area (Å²) in [5.74, 6) is 0.556. The van der Waals surface area contributed by atoms with Gasteiger partial charge < -0.3 is 4.42 Å². The number of imidazole rings is 1. The van der Waals surface area contributed by atoms with Gasteiger partial charge in [0.15, 0.2) is 5.58 Å². The van der Waals surface area contributed by atoms with Gasteiger partial charge in [-0.1, -0.05) is 67.3 Å². The summed E-state index contributed by atoms with van der Waals surface area (Å²) in [4.78, 5) is 4.65. The molecule has 0 bridgehead atoms. The summed E-state index contributed by atoms with van der Waals surface area (Å²) in [6, 6.07) is 16.5. The first kappa shape index (κ1) is 16.6. The van der Waals surface area contributed by atoms with Crippen molar-refractivity contribution in [2.45, 2.75) is 6.92 Å². The minimum absolute atomic E-state index is 0.556. The maximum atomic E-state index is 6.02. The predicted molar refractivity (Wildman–Crippen MR) is 111 cm³/mol. The Labute approximate surface area is 160 Å². The highest BCUT2D eigenvalue weighted by Crippen LogP contribution is 2.33. The Morgan fingerprint density at radius 3 is 2.69 bits per heavy atom. The lowest BCUT2D eigenvalue weighted by Gasteiger charge is -2.01. The van der Waals surface area contributed by atoms with Crippen LogP contribution in [-0.2, 0) is 0 Å². The van der Waals surface area contributed by atoms with Crippen LogP contribution in [0.2, 0.25) is 0 Å². The van der Waals surface area contributed by atoms with Crippen LogP contribution in [0.3, 0.4) is 0 Å². The number of nitrogens with zero attached hydrogens (tertiary/aromatic N) is 2. The second-order valence-corrected chi connectivity index (χ2v) is 6.62. The van der Waals surface area contributed by atoms with Crippen molar-refractivity contribution >= 4 is 38.4 Å². The topological polar surface area (TPSA) is 30.4 Å². The van der Waals surface area contributed by atoms with Crippen LogP contribution in [0.15, 0.2) is 88.4 Å². The number of hydrogen-bond acceptors (Lipinski definition) is 2. The normalized spacial score (nSPS) is 12.5. The first-order chi connectivity index (χ1) is 12.7. The van der Waals surface area contributed by atoms with Crippen molar-refractivity contribution in [2.24, 2.45) is 0 Å². The molecule has 0 aliphatic carbocycles. The standard InChI is InChI=1S/C22H17BrN2O/c1-3-5-9-15(4-2)20-21(23)25-18-13-12-17(16-10-7-6-8-11-16)14-19(18)26-22(25)24-20/h3-14H,2H2,1H3/b5-3-,15-9+. The minimum atomic E-state index is 0.556. The Morgan fingerprint density at radius 2 is 1.96 bits per heavy atom. The highest BCUT2D eigenvalue weighted by molar-refractivity contribution is 9.10. The van der Waals surface area contributed by atoms with Crippen LogP contribution in [0.1, 0.15) is 12.6 Å². The number of benzene rings is 2. The van der Waals surface area contributed by atoms with Crippen molar-refractivity contribution in [3.05, 3.63) is 89.7 Å². The zero-order valence-corrected chi connectivity index (χ0v) is 15.9. The number of oxazole rings is 1. The molecular weight excluding hydrogens is 388 g/mol. The molecule has 3 nitrogen and oxygen atoms in total. The summed E-state index contributed by atoms with van der Waals surface area (Å²) in [5.41, 5.74) is 5.80. The van der Waals surface area contributed by atoms with E-state index in [-0.39, 0.29) is 0 Å². The van der Waals surface area contributed by atoms with Crippen molar-refractivity contribution in [2.75, 3.05) is 0 Å². The quantitative estimate of drug-likeness (QED) is 0.356. The van der Waals surface area contributed by atoms with Gasteiger partial charge in [-0.15, -0.1) is 0 Å². The molecule has 0 radical (unpaired) electrons. The van der Waals surface area contributed by atoms with Crippen molar-refractivity contribution in [3.63, 3.8) is 0 Å². The van der Waals surface area contributed by atoms with Gasteiger partial charge in [0, 0.05) is 5.57 Å². The molecule has 0 saturated carbocycles. The summed E-state index contributed by atoms with van der Waals surface area (Å²) in [7, 11) is 0. The highest BCUT2D eigenvalue weighted by atomic mass is 79.9. The molecule has 0 fully saturated rings. The summed E-state index contributed by atoms with van der Waals surface area (Å²) < 4.78 is 8.85. The molecule has 2 heterocycles. The third-order valence-corrected chi connectivity index (χ3v) is 4.99. The predicted octanol–water partition coefficient (Wildman–Crippen LogP) is 6.66. The molecule has 4 heteroatoms. The monoisotopic (exact) mass is 404 g/mol. The van der Waals surface area contributed by atoms with Gasteiger partial charge in [-0.25, -0.2) is 0 Å². The first-order valence-electron chi connectivity index (χ1n) is 8.34. The molecular formula is C22H17BrN2O. The summed E-state index contributed by atoms with van der Waals surface area (Å²) in [6.07, 6.45) is 7.71. The maximum Gasteiger partial charge on any atom is 0.308 e. The number of fused-ring (bicyclic) bond motifs is 3. The molecule has 4 aromatic rings. The van der Waals surface area contributed by atoms with E-state index < -0.39 is 0 Å². The summed E-state index contributed by atoms with van der Waals surface area (Å²) in [6.45, 7) is 5.87. The SMILES string of the molecule is C=C/C(=C\C=C/C)c1nc2oc3cc(-c4ccccc4)ccc3n2c1Br. The second kappa shape index (κ2) is 6.81. The minimum Gasteiger partial charge on any atom is -0.423 e. The Bertz CT molecular complexity index is 1160. The van der Waals surface area contributed by atoms with Gasteiger partial charge in [-0.3, -0.25) is 4.40 Å². The largest absolute Gasteiger partial charge is 0.423 e. The molecule has 0 aliphatic heterocycles. The van der Waals surface area contributed by atoms with Crippen LogP contribution >= 0.6 is 15.9 Å². The molecule has 2 aromatic heterocycles. The van der Waals surface area contributed by atoms with Crippen LogP contribution in [0, 0.1) is 0 Å². The molecule has 0 amide bonds. The molecule has 26 heavy (non-hydrogen) atoms. The molecule has 0 N–H and O–H groups in total. The lowest BCUT2D eigenvalue weighted by atomic mass is 10.1. The van der Waals surface area contributed by atoms with Gasteiger partial charge in [-0.05, 0) is 46.1 Å². The van der Waals surface area contributed by atoms with Crippen molar-refractivity contribution in [1.29, 1.82) is 0 Å². The van der Waals surface area contributed by atoms with E-state index in [1.54, 1.807) is 6.08 Å². The van der Waals surface area contributed by atoms with E-state index in [0.717, 1.165) is 38.1 Å². The highest BCUT2D eigenvalue weighted by Gasteiger charge is 2.18. The molecule has 0 atom stereocenters. The van der Waals surface area contributed by atoms with E-state index in [9.17, 15) is 0 Å². The number of aromatic nitrogens is 2. The Morgan fingerprint density at radius 1 is 1.15 bits per heavy atom. The van der Waals surface area contributed by atoms with Gasteiger partial charge in [0.25, 0.3) is 0 Å². The Balaban J connectivity index is 1.88. The van der Waals surface area contributed by atoms with Gasteiger partial charge in [0.05, 0.1) is 5.52 Å². The van der Waals surface area contributed by atoms with Crippen LogP contribution in [0.25, 0.3) is 33.6 Å². The lowest BCUT2D eigenvalue weighted by molar-refractivity contribution is 0.641. The number of halogens is 1. The van der Waals surface area contributed by atoms with Crippen LogP contribution in [-0.4, -0.2) is 9.38 Å². The first-order valence-corrected chi connectivity index (χ1v) is 9.14. The third-order valence-electron chi connectivity index (χ3n) is 4.26. The van der Waals surface area contributed by atoms with Crippen LogP contribution < -0.4 is 0 Å². The fourth-order valence-corrected chi connectivity index (χ4v) is 3.64. The van der Waals surface area contributed by atoms with E-state index in [1.807, 2.05) is 47.8 Å². The second-order valence-electron chi connectivity index (χ2n) is 5.87. The number of allylic oxidation sites excluding steroid dienone is 5. The summed E-state index contributed by atoms with van der Waals surface area (Å²) in [5, 5.41) is 0. The van der Waals surface area contributed by atoms with Gasteiger partial charge >= 0.3 is 5.84 Å². The molecule has 4 rings (SSSR count). The van der Waals surface area contributed by atoms with E-state index in [2.05, 4.69) is 57.8 Å². The molecule has 0 saturated heterocycles. The molecule has 0 unspecified atom stereocenters. The third kappa shape index (κ3) is 2.72. The van der Waals surface area contributed by atoms with Crippen LogP contribution in [0.4, 0.5) is 0 Å². The fraction of sp³-hybridized carbons (Fsp3) is 0.0455. The van der Waals surface area contributed by atoms with E-state index in [0.29, 0.717) is 5.84 Å². The zero-order chi connectivity index (χ0) is 18.1. The van der Waals surface area contributed by atoms with E-state index in [1.165, 1.54) is 0 Å². The van der Waals surface area contributed by atoms with Crippen molar-refractivity contribution in [1.82, 2.24) is 9.38 Å². The summed E-state index contributed by atoms with van der Waals surface area (Å²) >= 11 is 3.68. The molecule has 2 aromatic carbocycles. The molecule has 128 valence electrons. The Kier molecular flexibility index (Phi) is 4.35. The smallest absolute Gasteiger partial charge is 0.308 e. The van der Waals surface area contributed by atoms with Crippen molar-refractivity contribution in [3.8, 4) is 11.1 Å². The maximum absolute atomic E-state index is 6.02. The number of hydrogen-bond donors (Lipinski definition) is 0. The average Bonchev–Trinajstić information content (AvgIpc) is 3.19. The lowest BCUT2D eigenvalue weighted by Crippen LogP contribution is -1.85.